The predicted molar refractivity (Wildman–Crippen MR) is 247 cm³/mol. The topological polar surface area (TPSA) is 160 Å². The number of aliphatic hydroxyl groups is 1. The Kier molecular flexibility index (Phi) is 11.8. The third-order valence-corrected chi connectivity index (χ3v) is 16.4. The predicted octanol–water partition coefficient (Wildman–Crippen LogP) is 5.83. The molecule has 0 amide bonds. The molecule has 66 heavy (non-hydrogen) atoms. The number of allylic oxidation sites excluding steroid dienone is 1. The van der Waals surface area contributed by atoms with E-state index in [1.54, 1.807) is 13.2 Å². The summed E-state index contributed by atoms with van der Waals surface area (Å²) in [5.41, 5.74) is 1.49. The summed E-state index contributed by atoms with van der Waals surface area (Å²) in [6.07, 6.45) is 11.6. The number of carbonyl (C=O) groups excluding carboxylic acids is 4. The molecule has 14 heteroatoms. The number of nitrogens with one attached hydrogen (secondary N) is 1. The van der Waals surface area contributed by atoms with Gasteiger partial charge in [-0.25, -0.2) is 9.59 Å². The first kappa shape index (κ1) is 46.4. The minimum Gasteiger partial charge on any atom is -0.468 e. The van der Waals surface area contributed by atoms with Crippen molar-refractivity contribution >= 4 is 40.9 Å². The zero-order valence-electron chi connectivity index (χ0n) is 40.3. The van der Waals surface area contributed by atoms with Crippen LogP contribution in [0.5, 0.6) is 0 Å². The summed E-state index contributed by atoms with van der Waals surface area (Å²) in [4.78, 5) is 66.5. The second kappa shape index (κ2) is 16.8. The Balaban J connectivity index is 1.28. The standard InChI is InChI=1S/C52H68N4O10/c1-11-30-21-32-25-51(47(59)63-9,43-35(28-55(26-30)27-32)34-22-31(13-15-38(34)53-43)14-16-41(58)66-49(4,5)6)37-23-36-39(24-40(37)62-8)54(7)46-50(36)18-20-56-19-17-33(12-2)42(44(50)56)45(65-29(3)57)52(46,61)48(60)64-10/h13-16,21-24,32-33,37,40,42,44-46,53,61H,11-12,17-20,25-28H2,1-10H3/b16-14+/t32-,33+,37?,40?,42?,44+,45-,46-,50-,51+,52-/m1/s1. The van der Waals surface area contributed by atoms with Gasteiger partial charge in [-0.15, -0.1) is 0 Å². The highest BCUT2D eigenvalue weighted by molar-refractivity contribution is 5.94. The lowest BCUT2D eigenvalue weighted by Gasteiger charge is -2.61. The smallest absolute Gasteiger partial charge is 0.344 e. The van der Waals surface area contributed by atoms with Crippen LogP contribution in [0.4, 0.5) is 0 Å². The zero-order valence-corrected chi connectivity index (χ0v) is 40.3. The van der Waals surface area contributed by atoms with Crippen molar-refractivity contribution in [2.45, 2.75) is 121 Å². The quantitative estimate of drug-likeness (QED) is 0.134. The molecule has 14 nitrogen and oxygen atoms in total. The Morgan fingerprint density at radius 3 is 2.42 bits per heavy atom. The zero-order chi connectivity index (χ0) is 47.2. The van der Waals surface area contributed by atoms with Crippen molar-refractivity contribution in [3.63, 3.8) is 0 Å². The van der Waals surface area contributed by atoms with Crippen LogP contribution in [-0.4, -0.2) is 139 Å². The van der Waals surface area contributed by atoms with Crippen molar-refractivity contribution < 1.29 is 48.0 Å². The van der Waals surface area contributed by atoms with Gasteiger partial charge < -0.3 is 38.7 Å². The molecular weight excluding hydrogens is 841 g/mol. The molecular formula is C52H68N4O10. The van der Waals surface area contributed by atoms with Gasteiger partial charge in [0.2, 0.25) is 5.60 Å². The maximum Gasteiger partial charge on any atom is 0.344 e. The van der Waals surface area contributed by atoms with Gasteiger partial charge in [0.05, 0.1) is 26.4 Å². The Labute approximate surface area is 388 Å². The summed E-state index contributed by atoms with van der Waals surface area (Å²) in [5.74, 6) is -3.18. The second-order valence-corrected chi connectivity index (χ2v) is 20.9. The van der Waals surface area contributed by atoms with Crippen LogP contribution in [0.1, 0.15) is 90.5 Å². The highest BCUT2D eigenvalue weighted by atomic mass is 16.6. The number of likely N-dealkylation sites (tertiary alicyclic amines) is 1. The Morgan fingerprint density at radius 2 is 1.76 bits per heavy atom. The van der Waals surface area contributed by atoms with Crippen molar-refractivity contribution in [1.29, 1.82) is 0 Å². The normalized spacial score (nSPS) is 35.9. The van der Waals surface area contributed by atoms with Crippen molar-refractivity contribution in [2.24, 2.45) is 29.1 Å². The highest BCUT2D eigenvalue weighted by Gasteiger charge is 2.79. The molecule has 5 aliphatic heterocycles. The molecule has 4 unspecified atom stereocenters. The molecule has 2 aliphatic carbocycles. The first-order valence-corrected chi connectivity index (χ1v) is 23.9. The van der Waals surface area contributed by atoms with Gasteiger partial charge in [-0.3, -0.25) is 19.4 Å². The molecule has 4 fully saturated rings. The van der Waals surface area contributed by atoms with E-state index in [0.717, 1.165) is 84.4 Å². The van der Waals surface area contributed by atoms with E-state index >= 15 is 4.79 Å². The third kappa shape index (κ3) is 6.93. The SMILES string of the molecule is CCC1=C[C@H]2CN(C1)Cc1c([nH]c3ccc(/C=C/C(=O)OC(C)(C)C)cc13)[C@@](C(=O)OC)(C1C=C3C(=CC1OC)N(C)[C@H]1[C@@](O)(C(=O)OC)[C@H](OC(C)=O)C4[C@@H](CC)CCN5CC[C@]31[C@H]45)C2. The molecule has 7 aliphatic rings. The Hall–Kier alpha value is -4.76. The van der Waals surface area contributed by atoms with Crippen LogP contribution in [0.2, 0.25) is 0 Å². The number of methoxy groups -OCH3 is 3. The molecule has 1 aromatic heterocycles. The average Bonchev–Trinajstić information content (AvgIpc) is 3.93. The van der Waals surface area contributed by atoms with E-state index < -0.39 is 64.1 Å². The largest absolute Gasteiger partial charge is 0.468 e. The number of benzene rings is 1. The Bertz CT molecular complexity index is 2450. The van der Waals surface area contributed by atoms with Crippen molar-refractivity contribution in [3.8, 4) is 0 Å². The molecule has 2 N–H and O–H groups in total. The highest BCUT2D eigenvalue weighted by Crippen LogP contribution is 2.68. The molecule has 3 saturated heterocycles. The fourth-order valence-corrected chi connectivity index (χ4v) is 14.2. The third-order valence-electron chi connectivity index (χ3n) is 16.4. The van der Waals surface area contributed by atoms with E-state index in [9.17, 15) is 19.5 Å². The average molecular weight is 909 g/mol. The van der Waals surface area contributed by atoms with Gasteiger partial charge in [0.1, 0.15) is 17.1 Å². The van der Waals surface area contributed by atoms with Gasteiger partial charge in [-0.2, -0.15) is 0 Å². The first-order valence-electron chi connectivity index (χ1n) is 23.9. The van der Waals surface area contributed by atoms with Crippen molar-refractivity contribution in [1.82, 2.24) is 19.7 Å². The molecule has 9 rings (SSSR count). The Morgan fingerprint density at radius 1 is 1.00 bits per heavy atom. The van der Waals surface area contributed by atoms with Gasteiger partial charge in [-0.1, -0.05) is 44.1 Å². The molecule has 0 radical (unpaired) electrons. The minimum absolute atomic E-state index is 0.00303. The number of ether oxygens (including phenoxy) is 5. The molecule has 6 heterocycles. The number of piperidine rings is 1. The molecule has 1 saturated carbocycles. The molecule has 1 aromatic carbocycles. The summed E-state index contributed by atoms with van der Waals surface area (Å²) in [6.45, 7) is 14.8. The summed E-state index contributed by atoms with van der Waals surface area (Å²) in [7, 11) is 6.30. The number of likely N-dealkylation sites (N-methyl/N-ethyl adjacent to an activating group) is 1. The van der Waals surface area contributed by atoms with Crippen LogP contribution in [0.3, 0.4) is 0 Å². The lowest BCUT2D eigenvalue weighted by molar-refractivity contribution is -0.238. The van der Waals surface area contributed by atoms with Gasteiger partial charge >= 0.3 is 23.9 Å². The fourth-order valence-electron chi connectivity index (χ4n) is 14.2. The van der Waals surface area contributed by atoms with E-state index in [-0.39, 0.29) is 29.8 Å². The molecule has 356 valence electrons. The molecule has 1 spiro atoms. The van der Waals surface area contributed by atoms with Crippen molar-refractivity contribution in [2.75, 3.05) is 54.6 Å². The molecule has 2 aromatic rings. The number of hydrogen-bond donors (Lipinski definition) is 2. The number of rotatable bonds is 9. The number of aromatic amines is 1. The van der Waals surface area contributed by atoms with E-state index in [2.05, 4.69) is 52.9 Å². The molecule has 12 atom stereocenters. The lowest BCUT2D eigenvalue weighted by Crippen LogP contribution is -2.77. The van der Waals surface area contributed by atoms with E-state index in [1.807, 2.05) is 44.9 Å². The number of nitrogens with zero attached hydrogens (tertiary/aromatic N) is 3. The van der Waals surface area contributed by atoms with Gasteiger partial charge in [0, 0.05) is 92.4 Å². The van der Waals surface area contributed by atoms with Gasteiger partial charge in [-0.05, 0) is 112 Å². The van der Waals surface area contributed by atoms with Crippen LogP contribution in [0.15, 0.2) is 59.3 Å². The monoisotopic (exact) mass is 908 g/mol. The summed E-state index contributed by atoms with van der Waals surface area (Å²) < 4.78 is 29.8. The maximum atomic E-state index is 15.5. The summed E-state index contributed by atoms with van der Waals surface area (Å²) in [6, 6.07) is 4.96. The van der Waals surface area contributed by atoms with Crippen LogP contribution in [-0.2, 0) is 54.8 Å². The first-order chi connectivity index (χ1) is 31.4. The fraction of sp³-hybridized carbons (Fsp3) is 0.615. The number of aromatic nitrogens is 1. The van der Waals surface area contributed by atoms with Crippen LogP contribution >= 0.6 is 0 Å². The van der Waals surface area contributed by atoms with Crippen molar-refractivity contribution in [3.05, 3.63) is 76.2 Å². The van der Waals surface area contributed by atoms with E-state index in [4.69, 9.17) is 23.7 Å². The van der Waals surface area contributed by atoms with Crippen LogP contribution in [0.25, 0.3) is 17.0 Å². The summed E-state index contributed by atoms with van der Waals surface area (Å²) >= 11 is 0. The number of fused-ring (bicyclic) bond motifs is 6. The number of esters is 4. The molecule has 2 bridgehead atoms. The maximum absolute atomic E-state index is 15.5. The number of carbonyl (C=O) groups is 4. The van der Waals surface area contributed by atoms with E-state index in [1.165, 1.54) is 32.8 Å². The lowest BCUT2D eigenvalue weighted by atomic mass is 9.50. The van der Waals surface area contributed by atoms with E-state index in [0.29, 0.717) is 19.4 Å². The number of hydrogen-bond acceptors (Lipinski definition) is 13. The van der Waals surface area contributed by atoms with Crippen LogP contribution < -0.4 is 0 Å². The van der Waals surface area contributed by atoms with Gasteiger partial charge in [0.15, 0.2) is 0 Å². The van der Waals surface area contributed by atoms with Crippen LogP contribution in [0, 0.1) is 29.1 Å². The number of H-pyrrole nitrogens is 1. The second-order valence-electron chi connectivity index (χ2n) is 20.9. The summed E-state index contributed by atoms with van der Waals surface area (Å²) in [5, 5.41) is 14.3. The minimum atomic E-state index is -2.23. The van der Waals surface area contributed by atoms with Gasteiger partial charge in [0.25, 0.3) is 0 Å².